The Balaban J connectivity index is 2.87. The largest absolute Gasteiger partial charge is 0.398 e. The van der Waals surface area contributed by atoms with Gasteiger partial charge in [-0.2, -0.15) is 0 Å². The number of aliphatic hydroxyl groups is 1. The van der Waals surface area contributed by atoms with Crippen molar-refractivity contribution in [1.82, 2.24) is 5.32 Å². The molecule has 0 radical (unpaired) electrons. The van der Waals surface area contributed by atoms with E-state index in [0.717, 1.165) is 11.1 Å². The standard InChI is InChI=1S/C12H18N2O2/c1-7-4-8(2)11(13)5-10(7)12(16)14-6-9(3)15/h4-5,9,15H,6,13H2,1-3H3,(H,14,16). The lowest BCUT2D eigenvalue weighted by Crippen LogP contribution is -2.31. The number of anilines is 1. The van der Waals surface area contributed by atoms with Gasteiger partial charge in [0.05, 0.1) is 6.10 Å². The Morgan fingerprint density at radius 3 is 2.62 bits per heavy atom. The third kappa shape index (κ3) is 2.97. The van der Waals surface area contributed by atoms with Gasteiger partial charge < -0.3 is 16.2 Å². The number of rotatable bonds is 3. The van der Waals surface area contributed by atoms with Crippen molar-refractivity contribution >= 4 is 11.6 Å². The summed E-state index contributed by atoms with van der Waals surface area (Å²) in [5.41, 5.74) is 8.76. The van der Waals surface area contributed by atoms with Crippen molar-refractivity contribution in [3.05, 3.63) is 28.8 Å². The maximum Gasteiger partial charge on any atom is 0.251 e. The van der Waals surface area contributed by atoms with Crippen LogP contribution in [0.3, 0.4) is 0 Å². The SMILES string of the molecule is Cc1cc(C)c(C(=O)NCC(C)O)cc1N. The first-order valence-electron chi connectivity index (χ1n) is 5.24. The quantitative estimate of drug-likeness (QED) is 0.668. The molecule has 0 saturated heterocycles. The van der Waals surface area contributed by atoms with Gasteiger partial charge in [-0.05, 0) is 38.0 Å². The van der Waals surface area contributed by atoms with Gasteiger partial charge in [-0.15, -0.1) is 0 Å². The van der Waals surface area contributed by atoms with Crippen LogP contribution in [0.2, 0.25) is 0 Å². The molecule has 0 aromatic heterocycles. The second-order valence-electron chi connectivity index (χ2n) is 4.08. The number of hydrogen-bond donors (Lipinski definition) is 3. The zero-order chi connectivity index (χ0) is 12.3. The molecular formula is C12H18N2O2. The number of benzene rings is 1. The number of nitrogens with two attached hydrogens (primary N) is 1. The normalized spacial score (nSPS) is 12.2. The Morgan fingerprint density at radius 2 is 2.06 bits per heavy atom. The molecule has 1 unspecified atom stereocenters. The smallest absolute Gasteiger partial charge is 0.251 e. The number of aliphatic hydroxyl groups excluding tert-OH is 1. The zero-order valence-electron chi connectivity index (χ0n) is 9.87. The van der Waals surface area contributed by atoms with E-state index in [1.807, 2.05) is 19.9 Å². The molecule has 1 rings (SSSR count). The molecule has 0 aliphatic heterocycles. The predicted octanol–water partition coefficient (Wildman–Crippen LogP) is 0.996. The molecule has 1 amide bonds. The highest BCUT2D eigenvalue weighted by Crippen LogP contribution is 2.17. The Bertz CT molecular complexity index is 400. The monoisotopic (exact) mass is 222 g/mol. The lowest BCUT2D eigenvalue weighted by atomic mass is 10.0. The van der Waals surface area contributed by atoms with Crippen LogP contribution in [0.25, 0.3) is 0 Å². The van der Waals surface area contributed by atoms with Crippen molar-refractivity contribution in [2.75, 3.05) is 12.3 Å². The van der Waals surface area contributed by atoms with Gasteiger partial charge in [0.2, 0.25) is 0 Å². The maximum absolute atomic E-state index is 11.8. The molecule has 0 fully saturated rings. The van der Waals surface area contributed by atoms with E-state index in [0.29, 0.717) is 11.3 Å². The van der Waals surface area contributed by atoms with Gasteiger partial charge in [0.1, 0.15) is 0 Å². The molecule has 4 heteroatoms. The molecule has 1 aromatic carbocycles. The van der Waals surface area contributed by atoms with Crippen LogP contribution in [-0.4, -0.2) is 23.7 Å². The van der Waals surface area contributed by atoms with Gasteiger partial charge >= 0.3 is 0 Å². The van der Waals surface area contributed by atoms with Crippen molar-refractivity contribution in [3.8, 4) is 0 Å². The number of carbonyl (C=O) groups is 1. The summed E-state index contributed by atoms with van der Waals surface area (Å²) in [7, 11) is 0. The minimum Gasteiger partial charge on any atom is -0.398 e. The van der Waals surface area contributed by atoms with E-state index in [-0.39, 0.29) is 12.5 Å². The highest BCUT2D eigenvalue weighted by molar-refractivity contribution is 5.96. The van der Waals surface area contributed by atoms with Crippen LogP contribution >= 0.6 is 0 Å². The minimum atomic E-state index is -0.549. The lowest BCUT2D eigenvalue weighted by molar-refractivity contribution is 0.0923. The van der Waals surface area contributed by atoms with Gasteiger partial charge in [0.25, 0.3) is 5.91 Å². The summed E-state index contributed by atoms with van der Waals surface area (Å²) in [6.07, 6.45) is -0.549. The molecule has 0 aliphatic rings. The first-order chi connectivity index (χ1) is 7.41. The van der Waals surface area contributed by atoms with Crippen LogP contribution in [0.15, 0.2) is 12.1 Å². The number of aryl methyl sites for hydroxylation is 2. The Morgan fingerprint density at radius 1 is 1.44 bits per heavy atom. The molecule has 4 nitrogen and oxygen atoms in total. The first kappa shape index (κ1) is 12.5. The molecule has 0 bridgehead atoms. The zero-order valence-corrected chi connectivity index (χ0v) is 9.87. The number of carbonyl (C=O) groups excluding carboxylic acids is 1. The molecule has 0 heterocycles. The van der Waals surface area contributed by atoms with E-state index in [1.165, 1.54) is 0 Å². The van der Waals surface area contributed by atoms with Crippen LogP contribution in [0.5, 0.6) is 0 Å². The molecule has 1 atom stereocenters. The average Bonchev–Trinajstić information content (AvgIpc) is 2.20. The first-order valence-corrected chi connectivity index (χ1v) is 5.24. The summed E-state index contributed by atoms with van der Waals surface area (Å²) >= 11 is 0. The van der Waals surface area contributed by atoms with Crippen molar-refractivity contribution in [2.24, 2.45) is 0 Å². The fraction of sp³-hybridized carbons (Fsp3) is 0.417. The Hall–Kier alpha value is -1.55. The molecule has 0 saturated carbocycles. The van der Waals surface area contributed by atoms with E-state index < -0.39 is 6.10 Å². The highest BCUT2D eigenvalue weighted by Gasteiger charge is 2.11. The fourth-order valence-electron chi connectivity index (χ4n) is 1.45. The van der Waals surface area contributed by atoms with Gasteiger partial charge in [-0.3, -0.25) is 4.79 Å². The lowest BCUT2D eigenvalue weighted by Gasteiger charge is -2.11. The average molecular weight is 222 g/mol. The van der Waals surface area contributed by atoms with Gasteiger partial charge in [-0.25, -0.2) is 0 Å². The van der Waals surface area contributed by atoms with Crippen molar-refractivity contribution < 1.29 is 9.90 Å². The predicted molar refractivity (Wildman–Crippen MR) is 64.3 cm³/mol. The van der Waals surface area contributed by atoms with E-state index in [4.69, 9.17) is 10.8 Å². The second-order valence-corrected chi connectivity index (χ2v) is 4.08. The number of amides is 1. The fourth-order valence-corrected chi connectivity index (χ4v) is 1.45. The molecule has 0 aliphatic carbocycles. The van der Waals surface area contributed by atoms with Crippen LogP contribution in [0, 0.1) is 13.8 Å². The van der Waals surface area contributed by atoms with E-state index in [1.54, 1.807) is 13.0 Å². The third-order valence-electron chi connectivity index (χ3n) is 2.42. The Labute approximate surface area is 95.5 Å². The van der Waals surface area contributed by atoms with Crippen molar-refractivity contribution in [2.45, 2.75) is 26.9 Å². The number of hydrogen-bond acceptors (Lipinski definition) is 3. The molecule has 88 valence electrons. The molecular weight excluding hydrogens is 204 g/mol. The summed E-state index contributed by atoms with van der Waals surface area (Å²) in [5.74, 6) is -0.204. The maximum atomic E-state index is 11.8. The van der Waals surface area contributed by atoms with Crippen molar-refractivity contribution in [1.29, 1.82) is 0 Å². The number of nitrogens with one attached hydrogen (secondary N) is 1. The molecule has 4 N–H and O–H groups in total. The topological polar surface area (TPSA) is 75.3 Å². The Kier molecular flexibility index (Phi) is 3.90. The highest BCUT2D eigenvalue weighted by atomic mass is 16.3. The third-order valence-corrected chi connectivity index (χ3v) is 2.42. The van der Waals surface area contributed by atoms with Gasteiger partial charge in [0.15, 0.2) is 0 Å². The second kappa shape index (κ2) is 4.99. The summed E-state index contributed by atoms with van der Waals surface area (Å²) in [6.45, 7) is 5.63. The summed E-state index contributed by atoms with van der Waals surface area (Å²) in [5, 5.41) is 11.7. The minimum absolute atomic E-state index is 0.204. The van der Waals surface area contributed by atoms with Crippen LogP contribution < -0.4 is 11.1 Å². The van der Waals surface area contributed by atoms with Crippen LogP contribution in [0.4, 0.5) is 5.69 Å². The van der Waals surface area contributed by atoms with Crippen LogP contribution in [0.1, 0.15) is 28.4 Å². The summed E-state index contributed by atoms with van der Waals surface area (Å²) in [6, 6.07) is 3.55. The molecule has 16 heavy (non-hydrogen) atoms. The van der Waals surface area contributed by atoms with E-state index in [9.17, 15) is 4.79 Å². The summed E-state index contributed by atoms with van der Waals surface area (Å²) < 4.78 is 0. The van der Waals surface area contributed by atoms with Crippen LogP contribution in [-0.2, 0) is 0 Å². The van der Waals surface area contributed by atoms with E-state index in [2.05, 4.69) is 5.32 Å². The molecule has 1 aromatic rings. The number of nitrogen functional groups attached to an aromatic ring is 1. The van der Waals surface area contributed by atoms with Gasteiger partial charge in [0, 0.05) is 17.8 Å². The summed E-state index contributed by atoms with van der Waals surface area (Å²) in [4.78, 5) is 11.8. The van der Waals surface area contributed by atoms with E-state index >= 15 is 0 Å². The van der Waals surface area contributed by atoms with Gasteiger partial charge in [-0.1, -0.05) is 6.07 Å². The molecule has 0 spiro atoms. The van der Waals surface area contributed by atoms with Crippen molar-refractivity contribution in [3.63, 3.8) is 0 Å².